The number of carboxylic acid groups (broad SMARTS) is 1. The van der Waals surface area contributed by atoms with Crippen LogP contribution in [0, 0.1) is 0 Å². The number of methoxy groups -OCH3 is 3. The molecule has 0 bridgehead atoms. The Balaban J connectivity index is 1.06. The van der Waals surface area contributed by atoms with Gasteiger partial charge >= 0.3 is 12.2 Å². The topological polar surface area (TPSA) is 213 Å². The van der Waals surface area contributed by atoms with Gasteiger partial charge in [0.05, 0.1) is 48.1 Å². The Kier molecular flexibility index (Phi) is 11.8. The molecular weight excluding hydrogens is 820 g/mol. The van der Waals surface area contributed by atoms with E-state index < -0.39 is 42.5 Å². The van der Waals surface area contributed by atoms with Crippen LogP contribution in [0.25, 0.3) is 44.2 Å². The number of amides is 4. The third-order valence-corrected chi connectivity index (χ3v) is 13.0. The molecule has 2 aromatic heterocycles. The van der Waals surface area contributed by atoms with Gasteiger partial charge in [-0.25, -0.2) is 19.6 Å². The summed E-state index contributed by atoms with van der Waals surface area (Å²) in [6.45, 7) is 7.61. The van der Waals surface area contributed by atoms with E-state index in [9.17, 15) is 24.3 Å². The highest BCUT2D eigenvalue weighted by atomic mass is 35.5. The van der Waals surface area contributed by atoms with E-state index in [0.717, 1.165) is 56.9 Å². The number of H-pyrrole nitrogens is 2. The molecule has 3 aliphatic rings. The second-order valence-corrected chi connectivity index (χ2v) is 16.8. The molecule has 5 aromatic rings. The fraction of sp³-hybridized carbons (Fsp3) is 0.455. The Morgan fingerprint density at radius 3 is 2.06 bits per heavy atom. The van der Waals surface area contributed by atoms with Crippen LogP contribution in [0.3, 0.4) is 0 Å². The van der Waals surface area contributed by atoms with Gasteiger partial charge in [0.2, 0.25) is 11.8 Å². The van der Waals surface area contributed by atoms with E-state index in [1.54, 1.807) is 23.6 Å². The number of carbonyl (C=O) groups excluding carboxylic acids is 3. The Labute approximate surface area is 362 Å². The van der Waals surface area contributed by atoms with E-state index in [2.05, 4.69) is 26.7 Å². The van der Waals surface area contributed by atoms with Crippen LogP contribution < -0.4 is 15.4 Å². The van der Waals surface area contributed by atoms with E-state index in [0.29, 0.717) is 42.5 Å². The molecule has 8 rings (SSSR count). The van der Waals surface area contributed by atoms with Crippen molar-refractivity contribution in [3.05, 3.63) is 64.8 Å². The third kappa shape index (κ3) is 7.66. The van der Waals surface area contributed by atoms with Crippen LogP contribution in [0.4, 0.5) is 9.59 Å². The van der Waals surface area contributed by atoms with Crippen LogP contribution in [0.5, 0.6) is 5.75 Å². The predicted molar refractivity (Wildman–Crippen MR) is 230 cm³/mol. The first kappa shape index (κ1) is 42.8. The summed E-state index contributed by atoms with van der Waals surface area (Å²) in [4.78, 5) is 71.7. The number of halogens is 1. The normalized spacial score (nSPS) is 21.5. The molecule has 328 valence electrons. The Morgan fingerprint density at radius 2 is 1.45 bits per heavy atom. The predicted octanol–water partition coefficient (Wildman–Crippen LogP) is 6.85. The number of ether oxygens (including phenoxy) is 4. The van der Waals surface area contributed by atoms with E-state index in [1.807, 2.05) is 50.2 Å². The van der Waals surface area contributed by atoms with Gasteiger partial charge in [-0.1, -0.05) is 29.8 Å². The van der Waals surface area contributed by atoms with Gasteiger partial charge in [0, 0.05) is 42.8 Å². The van der Waals surface area contributed by atoms with Crippen molar-refractivity contribution in [1.82, 2.24) is 40.4 Å². The first-order valence-electron chi connectivity index (χ1n) is 20.7. The minimum absolute atomic E-state index is 0.126. The van der Waals surface area contributed by atoms with Crippen molar-refractivity contribution in [2.24, 2.45) is 0 Å². The smallest absolute Gasteiger partial charge is 0.407 e. The van der Waals surface area contributed by atoms with Crippen molar-refractivity contribution < 1.29 is 43.2 Å². The highest BCUT2D eigenvalue weighted by Gasteiger charge is 2.44. The summed E-state index contributed by atoms with van der Waals surface area (Å²) in [5.74, 6) is 1.23. The SMILES string of the molecule is COC(=O)N[C@H](C(=O)N1[C@@H](C)CC[C@H]1c1nc(Cl)c(-c2ccc3c(c2)COc2cc4c(ccc5nc([C@@H]6CC[C@H](C)N6C(=O)[C@@H](NC(=O)O)[C@@H](C)OC)[nH]c54)cc2-3)[nH]1)C(C)OC. The molecule has 5 heterocycles. The van der Waals surface area contributed by atoms with Crippen LogP contribution in [-0.4, -0.2) is 117 Å². The van der Waals surface area contributed by atoms with Gasteiger partial charge in [0.1, 0.15) is 36.1 Å². The van der Waals surface area contributed by atoms with Gasteiger partial charge in [-0.3, -0.25) is 9.59 Å². The summed E-state index contributed by atoms with van der Waals surface area (Å²) < 4.78 is 22.0. The summed E-state index contributed by atoms with van der Waals surface area (Å²) in [7, 11) is 4.17. The zero-order valence-corrected chi connectivity index (χ0v) is 36.3. The fourth-order valence-corrected chi connectivity index (χ4v) is 9.51. The maximum absolute atomic E-state index is 14.0. The number of likely N-dealkylation sites (tertiary alicyclic amines) is 2. The van der Waals surface area contributed by atoms with E-state index in [1.165, 1.54) is 21.3 Å². The minimum atomic E-state index is -1.30. The summed E-state index contributed by atoms with van der Waals surface area (Å²) in [5.41, 5.74) is 5.88. The monoisotopic (exact) mass is 870 g/mol. The lowest BCUT2D eigenvalue weighted by Gasteiger charge is -2.33. The molecule has 62 heavy (non-hydrogen) atoms. The highest BCUT2D eigenvalue weighted by molar-refractivity contribution is 6.32. The van der Waals surface area contributed by atoms with Gasteiger partial charge in [0.15, 0.2) is 5.15 Å². The number of hydrogen-bond donors (Lipinski definition) is 5. The second kappa shape index (κ2) is 17.1. The second-order valence-electron chi connectivity index (χ2n) is 16.4. The average Bonchev–Trinajstić information content (AvgIpc) is 4.07. The number of hydrogen-bond acceptors (Lipinski definition) is 10. The molecular formula is C44H51ClN8O9. The molecule has 18 heteroatoms. The van der Waals surface area contributed by atoms with Crippen molar-refractivity contribution in [2.75, 3.05) is 21.3 Å². The number of carbonyl (C=O) groups is 4. The van der Waals surface area contributed by atoms with E-state index >= 15 is 0 Å². The summed E-state index contributed by atoms with van der Waals surface area (Å²) in [5, 5.41) is 16.6. The molecule has 0 saturated carbocycles. The van der Waals surface area contributed by atoms with E-state index in [4.69, 9.17) is 40.5 Å². The standard InChI is InChI=1S/C44H51ClN8O9/c1-20-8-14-31(52(20)41(54)34(22(3)59-5)49-43(56)57)39-46-30-13-11-24-17-29-27-12-10-25(16-26(27)19-62-33(29)18-28(24)37(30)48-39)36-38(45)51-40(47-36)32-15-9-21(2)53(32)42(55)35(23(4)60-6)50-44(58)61-7/h10-13,16-18,20-23,31-32,34-35,49H,8-9,14-15,19H2,1-7H3,(H,46,48)(H,47,51)(H,50,58)(H,56,57)/t20-,21-,22+,23?,31-,32-,34-,35-/m0/s1. The van der Waals surface area contributed by atoms with Gasteiger partial charge in [0.25, 0.3) is 0 Å². The lowest BCUT2D eigenvalue weighted by atomic mass is 9.92. The number of nitrogens with one attached hydrogen (secondary N) is 4. The van der Waals surface area contributed by atoms with Crippen LogP contribution in [0.1, 0.15) is 82.7 Å². The molecule has 3 aromatic carbocycles. The van der Waals surface area contributed by atoms with Gasteiger partial charge in [-0.05, 0) is 94.2 Å². The molecule has 0 aliphatic carbocycles. The quantitative estimate of drug-likeness (QED) is 0.0926. The lowest BCUT2D eigenvalue weighted by Crippen LogP contribution is -2.55. The van der Waals surface area contributed by atoms with E-state index in [-0.39, 0.29) is 35.1 Å². The zero-order valence-electron chi connectivity index (χ0n) is 35.6. The van der Waals surface area contributed by atoms with Crippen molar-refractivity contribution in [3.63, 3.8) is 0 Å². The summed E-state index contributed by atoms with van der Waals surface area (Å²) in [6, 6.07) is 11.1. The van der Waals surface area contributed by atoms with Gasteiger partial charge in [-0.2, -0.15) is 0 Å². The average molecular weight is 871 g/mol. The third-order valence-electron chi connectivity index (χ3n) is 12.8. The first-order chi connectivity index (χ1) is 29.7. The van der Waals surface area contributed by atoms with Crippen LogP contribution in [0.15, 0.2) is 42.5 Å². The summed E-state index contributed by atoms with van der Waals surface area (Å²) >= 11 is 6.82. The molecule has 3 aliphatic heterocycles. The van der Waals surface area contributed by atoms with Crippen LogP contribution in [0.2, 0.25) is 5.15 Å². The Morgan fingerprint density at radius 1 is 0.823 bits per heavy atom. The van der Waals surface area contributed by atoms with Crippen molar-refractivity contribution >= 4 is 57.4 Å². The molecule has 0 radical (unpaired) electrons. The van der Waals surface area contributed by atoms with Crippen LogP contribution >= 0.6 is 11.6 Å². The number of imidazole rings is 2. The van der Waals surface area contributed by atoms with Crippen molar-refractivity contribution in [2.45, 2.75) is 108 Å². The number of alkyl carbamates (subject to hydrolysis) is 1. The molecule has 1 unspecified atom stereocenters. The fourth-order valence-electron chi connectivity index (χ4n) is 9.26. The van der Waals surface area contributed by atoms with Crippen molar-refractivity contribution in [1.29, 1.82) is 0 Å². The largest absolute Gasteiger partial charge is 0.488 e. The zero-order chi connectivity index (χ0) is 44.1. The number of aromatic nitrogens is 4. The molecule has 4 amide bonds. The number of nitrogens with zero attached hydrogens (tertiary/aromatic N) is 4. The number of fused-ring (bicyclic) bond motifs is 6. The van der Waals surface area contributed by atoms with Crippen LogP contribution in [-0.2, 0) is 30.4 Å². The maximum Gasteiger partial charge on any atom is 0.407 e. The Hall–Kier alpha value is -5.91. The van der Waals surface area contributed by atoms with Gasteiger partial charge < -0.3 is 54.5 Å². The molecule has 17 nitrogen and oxygen atoms in total. The number of benzene rings is 3. The molecule has 2 fully saturated rings. The summed E-state index contributed by atoms with van der Waals surface area (Å²) in [6.07, 6.45) is -0.535. The highest BCUT2D eigenvalue weighted by Crippen LogP contribution is 2.45. The number of aromatic amines is 2. The Bertz CT molecular complexity index is 2560. The molecule has 5 N–H and O–H groups in total. The molecule has 0 spiro atoms. The lowest BCUT2D eigenvalue weighted by molar-refractivity contribution is -0.140. The minimum Gasteiger partial charge on any atom is -0.488 e. The van der Waals surface area contributed by atoms with Crippen molar-refractivity contribution in [3.8, 4) is 28.1 Å². The molecule has 2 saturated heterocycles. The first-order valence-corrected chi connectivity index (χ1v) is 21.1. The maximum atomic E-state index is 14.0. The number of rotatable bonds is 11. The van der Waals surface area contributed by atoms with Gasteiger partial charge in [-0.15, -0.1) is 0 Å². The molecule has 8 atom stereocenters.